The van der Waals surface area contributed by atoms with Crippen molar-refractivity contribution in [2.45, 2.75) is 44.1 Å². The standard InChI is InChI=1S/C12H21O4P/c1-14-17(13,15-2)16-12-6-9-3-10(7-12)5-11(4-9)8-12/h9-11H,3-8H2,1-2H3. The van der Waals surface area contributed by atoms with Gasteiger partial charge in [-0.1, -0.05) is 0 Å². The Morgan fingerprint density at radius 1 is 0.941 bits per heavy atom. The zero-order chi connectivity index (χ0) is 12.1. The van der Waals surface area contributed by atoms with Crippen LogP contribution in [0.1, 0.15) is 38.5 Å². The predicted octanol–water partition coefficient (Wildman–Crippen LogP) is 3.37. The van der Waals surface area contributed by atoms with Crippen LogP contribution in [0.3, 0.4) is 0 Å². The average molecular weight is 260 g/mol. The van der Waals surface area contributed by atoms with Crippen molar-refractivity contribution in [2.24, 2.45) is 17.8 Å². The molecule has 4 rings (SSSR count). The Balaban J connectivity index is 1.80. The van der Waals surface area contributed by atoms with Gasteiger partial charge in [0.1, 0.15) is 0 Å². The van der Waals surface area contributed by atoms with Crippen LogP contribution in [0.5, 0.6) is 0 Å². The van der Waals surface area contributed by atoms with Gasteiger partial charge in [0, 0.05) is 14.2 Å². The molecule has 4 nitrogen and oxygen atoms in total. The lowest BCUT2D eigenvalue weighted by Crippen LogP contribution is -2.51. The molecule has 0 heterocycles. The first-order valence-electron chi connectivity index (χ1n) is 6.49. The fraction of sp³-hybridized carbons (Fsp3) is 1.00. The Hall–Kier alpha value is 0.110. The highest BCUT2D eigenvalue weighted by molar-refractivity contribution is 7.48. The highest BCUT2D eigenvalue weighted by Gasteiger charge is 2.54. The van der Waals surface area contributed by atoms with E-state index in [1.807, 2.05) is 0 Å². The van der Waals surface area contributed by atoms with Gasteiger partial charge in [-0.15, -0.1) is 0 Å². The van der Waals surface area contributed by atoms with Gasteiger partial charge >= 0.3 is 7.82 Å². The zero-order valence-electron chi connectivity index (χ0n) is 10.6. The minimum atomic E-state index is -3.33. The van der Waals surface area contributed by atoms with E-state index in [-0.39, 0.29) is 5.60 Å². The molecule has 0 aromatic carbocycles. The second-order valence-corrected chi connectivity index (χ2v) is 7.81. The number of hydrogen-bond donors (Lipinski definition) is 0. The molecule has 0 aliphatic heterocycles. The van der Waals surface area contributed by atoms with Gasteiger partial charge in [-0.05, 0) is 56.3 Å². The van der Waals surface area contributed by atoms with Crippen LogP contribution in [0.2, 0.25) is 0 Å². The quantitative estimate of drug-likeness (QED) is 0.727. The van der Waals surface area contributed by atoms with E-state index in [2.05, 4.69) is 0 Å². The molecular weight excluding hydrogens is 239 g/mol. The van der Waals surface area contributed by atoms with Gasteiger partial charge < -0.3 is 0 Å². The SMILES string of the molecule is COP(=O)(OC)OC12CC3CC(CC(C3)C1)C2. The Labute approximate surface area is 103 Å². The van der Waals surface area contributed by atoms with Crippen LogP contribution in [0.25, 0.3) is 0 Å². The first-order valence-corrected chi connectivity index (χ1v) is 7.95. The first kappa shape index (κ1) is 12.2. The van der Waals surface area contributed by atoms with E-state index >= 15 is 0 Å². The van der Waals surface area contributed by atoms with Gasteiger partial charge in [-0.2, -0.15) is 0 Å². The molecule has 0 saturated heterocycles. The van der Waals surface area contributed by atoms with Crippen molar-refractivity contribution in [2.75, 3.05) is 14.2 Å². The number of rotatable bonds is 4. The van der Waals surface area contributed by atoms with Gasteiger partial charge in [0.2, 0.25) is 0 Å². The molecule has 0 aromatic heterocycles. The highest BCUT2D eigenvalue weighted by atomic mass is 31.2. The molecule has 0 radical (unpaired) electrons. The molecule has 4 fully saturated rings. The van der Waals surface area contributed by atoms with E-state index in [1.165, 1.54) is 33.5 Å². The maximum absolute atomic E-state index is 12.2. The third kappa shape index (κ3) is 2.10. The zero-order valence-corrected chi connectivity index (χ0v) is 11.4. The van der Waals surface area contributed by atoms with E-state index in [9.17, 15) is 4.57 Å². The Morgan fingerprint density at radius 2 is 1.35 bits per heavy atom. The fourth-order valence-electron chi connectivity index (χ4n) is 4.53. The summed E-state index contributed by atoms with van der Waals surface area (Å²) < 4.78 is 27.9. The van der Waals surface area contributed by atoms with Crippen molar-refractivity contribution >= 4 is 7.82 Å². The summed E-state index contributed by atoms with van der Waals surface area (Å²) in [5.41, 5.74) is -0.226. The molecule has 17 heavy (non-hydrogen) atoms. The molecule has 0 aromatic rings. The van der Waals surface area contributed by atoms with Crippen LogP contribution >= 0.6 is 7.82 Å². The minimum absolute atomic E-state index is 0.226. The number of hydrogen-bond acceptors (Lipinski definition) is 4. The van der Waals surface area contributed by atoms with Crippen molar-refractivity contribution in [1.82, 2.24) is 0 Å². The summed E-state index contributed by atoms with van der Waals surface area (Å²) in [4.78, 5) is 0. The van der Waals surface area contributed by atoms with Crippen molar-refractivity contribution in [3.05, 3.63) is 0 Å². The van der Waals surface area contributed by atoms with Crippen molar-refractivity contribution in [3.8, 4) is 0 Å². The summed E-state index contributed by atoms with van der Waals surface area (Å²) >= 11 is 0. The van der Waals surface area contributed by atoms with Gasteiger partial charge in [-0.25, -0.2) is 4.57 Å². The monoisotopic (exact) mass is 260 g/mol. The lowest BCUT2D eigenvalue weighted by atomic mass is 9.54. The van der Waals surface area contributed by atoms with Crippen LogP contribution in [0.4, 0.5) is 0 Å². The highest BCUT2D eigenvalue weighted by Crippen LogP contribution is 2.63. The molecule has 0 spiro atoms. The van der Waals surface area contributed by atoms with Crippen LogP contribution in [-0.2, 0) is 18.1 Å². The second-order valence-electron chi connectivity index (χ2n) is 6.00. The van der Waals surface area contributed by atoms with Crippen molar-refractivity contribution in [1.29, 1.82) is 0 Å². The van der Waals surface area contributed by atoms with Crippen LogP contribution in [0, 0.1) is 17.8 Å². The lowest BCUT2D eigenvalue weighted by Gasteiger charge is -2.56. The normalized spacial score (nSPS) is 44.2. The fourth-order valence-corrected chi connectivity index (χ4v) is 5.53. The molecule has 4 bridgehead atoms. The number of phosphoric acid groups is 1. The third-order valence-electron chi connectivity index (χ3n) is 4.73. The Morgan fingerprint density at radius 3 is 1.71 bits per heavy atom. The number of phosphoric ester groups is 1. The summed E-state index contributed by atoms with van der Waals surface area (Å²) in [7, 11) is -0.543. The summed E-state index contributed by atoms with van der Waals surface area (Å²) in [6.07, 6.45) is 7.13. The summed E-state index contributed by atoms with van der Waals surface area (Å²) in [5.74, 6) is 2.30. The summed E-state index contributed by atoms with van der Waals surface area (Å²) in [5, 5.41) is 0. The van der Waals surface area contributed by atoms with E-state index in [0.29, 0.717) is 0 Å². The molecular formula is C12H21O4P. The average Bonchev–Trinajstić information content (AvgIpc) is 2.26. The topological polar surface area (TPSA) is 44.8 Å². The maximum Gasteiger partial charge on any atom is 0.474 e. The molecule has 0 atom stereocenters. The molecule has 4 aliphatic rings. The second kappa shape index (κ2) is 4.06. The predicted molar refractivity (Wildman–Crippen MR) is 63.6 cm³/mol. The smallest absolute Gasteiger partial charge is 0.290 e. The Bertz CT molecular complexity index is 311. The van der Waals surface area contributed by atoms with Crippen LogP contribution < -0.4 is 0 Å². The largest absolute Gasteiger partial charge is 0.474 e. The van der Waals surface area contributed by atoms with E-state index in [0.717, 1.165) is 37.0 Å². The third-order valence-corrected chi connectivity index (χ3v) is 6.24. The molecule has 4 aliphatic carbocycles. The van der Waals surface area contributed by atoms with Gasteiger partial charge in [0.15, 0.2) is 0 Å². The van der Waals surface area contributed by atoms with Gasteiger partial charge in [0.25, 0.3) is 0 Å². The molecule has 0 N–H and O–H groups in total. The van der Waals surface area contributed by atoms with Crippen molar-refractivity contribution < 1.29 is 18.1 Å². The molecule has 98 valence electrons. The summed E-state index contributed by atoms with van der Waals surface area (Å²) in [6.45, 7) is 0. The van der Waals surface area contributed by atoms with Gasteiger partial charge in [-0.3, -0.25) is 13.6 Å². The maximum atomic E-state index is 12.2. The summed E-state index contributed by atoms with van der Waals surface area (Å²) in [6, 6.07) is 0. The molecule has 4 saturated carbocycles. The van der Waals surface area contributed by atoms with Crippen molar-refractivity contribution in [3.63, 3.8) is 0 Å². The molecule has 0 amide bonds. The van der Waals surface area contributed by atoms with E-state index in [1.54, 1.807) is 0 Å². The molecule has 5 heteroatoms. The Kier molecular flexibility index (Phi) is 2.90. The lowest BCUT2D eigenvalue weighted by molar-refractivity contribution is -0.120. The van der Waals surface area contributed by atoms with E-state index < -0.39 is 7.82 Å². The van der Waals surface area contributed by atoms with Crippen LogP contribution in [0.15, 0.2) is 0 Å². The molecule has 0 unspecified atom stereocenters. The first-order chi connectivity index (χ1) is 8.06. The van der Waals surface area contributed by atoms with E-state index in [4.69, 9.17) is 13.6 Å². The minimum Gasteiger partial charge on any atom is -0.290 e. The van der Waals surface area contributed by atoms with Crippen LogP contribution in [-0.4, -0.2) is 19.8 Å². The van der Waals surface area contributed by atoms with Gasteiger partial charge in [0.05, 0.1) is 5.60 Å².